The Morgan fingerprint density at radius 2 is 1.46 bits per heavy atom. The molecular formula is C13H22. The SMILES string of the molecule is C=C(C)/C=C\C=C(/C)C(=C)C.CC. The summed E-state index contributed by atoms with van der Waals surface area (Å²) in [6.45, 7) is 17.6. The van der Waals surface area contributed by atoms with E-state index in [1.54, 1.807) is 0 Å². The molecule has 0 nitrogen and oxygen atoms in total. The van der Waals surface area contributed by atoms with Gasteiger partial charge in [-0.25, -0.2) is 0 Å². The summed E-state index contributed by atoms with van der Waals surface area (Å²) in [7, 11) is 0. The third kappa shape index (κ3) is 11.0. The average Bonchev–Trinajstić information content (AvgIpc) is 2.07. The van der Waals surface area contributed by atoms with Crippen molar-refractivity contribution in [2.24, 2.45) is 0 Å². The Morgan fingerprint density at radius 1 is 1.00 bits per heavy atom. The third-order valence-corrected chi connectivity index (χ3v) is 1.40. The van der Waals surface area contributed by atoms with Crippen molar-refractivity contribution in [3.63, 3.8) is 0 Å². The lowest BCUT2D eigenvalue weighted by Gasteiger charge is -1.94. The molecular weight excluding hydrogens is 156 g/mol. The molecule has 74 valence electrons. The quantitative estimate of drug-likeness (QED) is 0.551. The first kappa shape index (κ1) is 14.5. The highest BCUT2D eigenvalue weighted by Gasteiger charge is 1.84. The molecule has 0 unspecified atom stereocenters. The number of allylic oxidation sites excluding steroid dienone is 6. The van der Waals surface area contributed by atoms with Crippen LogP contribution in [0.3, 0.4) is 0 Å². The summed E-state index contributed by atoms with van der Waals surface area (Å²) in [6, 6.07) is 0. The standard InChI is InChI=1S/C11H16.C2H6/c1-9(2)7-6-8-11(5)10(3)4;1-2/h6-8H,1,3H2,2,4-5H3;1-2H3/b7-6-,11-8+;. The van der Waals surface area contributed by atoms with Gasteiger partial charge in [-0.2, -0.15) is 0 Å². The molecule has 0 rings (SSSR count). The van der Waals surface area contributed by atoms with E-state index in [2.05, 4.69) is 13.2 Å². The molecule has 0 aromatic heterocycles. The van der Waals surface area contributed by atoms with E-state index in [1.807, 2.05) is 52.8 Å². The fourth-order valence-electron chi connectivity index (χ4n) is 0.499. The largest absolute Gasteiger partial charge is 0.0961 e. The van der Waals surface area contributed by atoms with Crippen molar-refractivity contribution < 1.29 is 0 Å². The minimum atomic E-state index is 1.07. The highest BCUT2D eigenvalue weighted by Crippen LogP contribution is 2.04. The molecule has 0 saturated heterocycles. The summed E-state index contributed by atoms with van der Waals surface area (Å²) in [6.07, 6.45) is 6.01. The molecule has 0 N–H and O–H groups in total. The van der Waals surface area contributed by atoms with Crippen LogP contribution in [0, 0.1) is 0 Å². The first-order valence-electron chi connectivity index (χ1n) is 4.70. The summed E-state index contributed by atoms with van der Waals surface area (Å²) in [5.41, 5.74) is 3.38. The van der Waals surface area contributed by atoms with Gasteiger partial charge in [0.2, 0.25) is 0 Å². The zero-order valence-electron chi connectivity index (χ0n) is 9.65. The van der Waals surface area contributed by atoms with Crippen LogP contribution in [-0.4, -0.2) is 0 Å². The second kappa shape index (κ2) is 9.05. The smallest absolute Gasteiger partial charge is 0.0395 e. The van der Waals surface area contributed by atoms with Crippen molar-refractivity contribution in [1.29, 1.82) is 0 Å². The molecule has 0 heteroatoms. The Kier molecular flexibility index (Phi) is 10.1. The summed E-state index contributed by atoms with van der Waals surface area (Å²) in [4.78, 5) is 0. The Bertz CT molecular complexity index is 214. The molecule has 0 aliphatic carbocycles. The highest BCUT2D eigenvalue weighted by molar-refractivity contribution is 5.29. The van der Waals surface area contributed by atoms with Crippen LogP contribution in [0.25, 0.3) is 0 Å². The molecule has 0 saturated carbocycles. The summed E-state index contributed by atoms with van der Waals surface area (Å²) >= 11 is 0. The van der Waals surface area contributed by atoms with Crippen molar-refractivity contribution >= 4 is 0 Å². The van der Waals surface area contributed by atoms with E-state index in [1.165, 1.54) is 5.57 Å². The summed E-state index contributed by atoms with van der Waals surface area (Å²) in [5, 5.41) is 0. The van der Waals surface area contributed by atoms with Crippen molar-refractivity contribution in [2.75, 3.05) is 0 Å². The van der Waals surface area contributed by atoms with Crippen LogP contribution >= 0.6 is 0 Å². The summed E-state index contributed by atoms with van der Waals surface area (Å²) in [5.74, 6) is 0. The van der Waals surface area contributed by atoms with Gasteiger partial charge < -0.3 is 0 Å². The first-order chi connectivity index (χ1) is 6.04. The van der Waals surface area contributed by atoms with E-state index < -0.39 is 0 Å². The van der Waals surface area contributed by atoms with Gasteiger partial charge in [0.1, 0.15) is 0 Å². The van der Waals surface area contributed by atoms with Gasteiger partial charge in [-0.3, -0.25) is 0 Å². The molecule has 0 bridgehead atoms. The molecule has 0 fully saturated rings. The van der Waals surface area contributed by atoms with Gasteiger partial charge in [0, 0.05) is 0 Å². The van der Waals surface area contributed by atoms with Crippen LogP contribution in [0.1, 0.15) is 34.6 Å². The second-order valence-electron chi connectivity index (χ2n) is 2.84. The maximum Gasteiger partial charge on any atom is -0.0395 e. The zero-order chi connectivity index (χ0) is 10.9. The number of hydrogen-bond donors (Lipinski definition) is 0. The molecule has 13 heavy (non-hydrogen) atoms. The molecule has 0 amide bonds. The molecule has 0 heterocycles. The van der Waals surface area contributed by atoms with Crippen molar-refractivity contribution in [3.05, 3.63) is 48.1 Å². The minimum Gasteiger partial charge on any atom is -0.0961 e. The van der Waals surface area contributed by atoms with Gasteiger partial charge in [-0.15, -0.1) is 0 Å². The van der Waals surface area contributed by atoms with Gasteiger partial charge in [0.25, 0.3) is 0 Å². The predicted molar refractivity (Wildman–Crippen MR) is 63.9 cm³/mol. The van der Waals surface area contributed by atoms with E-state index >= 15 is 0 Å². The maximum atomic E-state index is 3.83. The lowest BCUT2D eigenvalue weighted by molar-refractivity contribution is 1.36. The van der Waals surface area contributed by atoms with E-state index in [4.69, 9.17) is 0 Å². The monoisotopic (exact) mass is 178 g/mol. The van der Waals surface area contributed by atoms with Gasteiger partial charge >= 0.3 is 0 Å². The van der Waals surface area contributed by atoms with Gasteiger partial charge in [0.15, 0.2) is 0 Å². The molecule has 0 radical (unpaired) electrons. The van der Waals surface area contributed by atoms with Crippen LogP contribution in [0.15, 0.2) is 48.1 Å². The van der Waals surface area contributed by atoms with E-state index in [0.717, 1.165) is 11.1 Å². The van der Waals surface area contributed by atoms with Crippen LogP contribution in [0.5, 0.6) is 0 Å². The van der Waals surface area contributed by atoms with E-state index in [0.29, 0.717) is 0 Å². The zero-order valence-corrected chi connectivity index (χ0v) is 9.65. The fraction of sp³-hybridized carbons (Fsp3) is 0.385. The lowest BCUT2D eigenvalue weighted by atomic mass is 10.1. The number of rotatable bonds is 3. The van der Waals surface area contributed by atoms with E-state index in [-0.39, 0.29) is 0 Å². The van der Waals surface area contributed by atoms with Crippen molar-refractivity contribution in [2.45, 2.75) is 34.6 Å². The highest BCUT2D eigenvalue weighted by atomic mass is 13.9. The van der Waals surface area contributed by atoms with Crippen molar-refractivity contribution in [3.8, 4) is 0 Å². The Labute approximate surface area is 83.4 Å². The average molecular weight is 178 g/mol. The lowest BCUT2D eigenvalue weighted by Crippen LogP contribution is -1.73. The summed E-state index contributed by atoms with van der Waals surface area (Å²) < 4.78 is 0. The molecule has 0 aliphatic rings. The second-order valence-corrected chi connectivity index (χ2v) is 2.84. The normalized spacial score (nSPS) is 10.7. The predicted octanol–water partition coefficient (Wildman–Crippen LogP) is 4.67. The Balaban J connectivity index is 0. The Morgan fingerprint density at radius 3 is 1.77 bits per heavy atom. The van der Waals surface area contributed by atoms with Gasteiger partial charge in [-0.05, 0) is 26.3 Å². The van der Waals surface area contributed by atoms with Gasteiger partial charge in [0.05, 0.1) is 0 Å². The fourth-order valence-corrected chi connectivity index (χ4v) is 0.499. The topological polar surface area (TPSA) is 0 Å². The molecule has 0 atom stereocenters. The number of hydrogen-bond acceptors (Lipinski definition) is 0. The third-order valence-electron chi connectivity index (χ3n) is 1.40. The Hall–Kier alpha value is -1.04. The van der Waals surface area contributed by atoms with Crippen LogP contribution in [0.2, 0.25) is 0 Å². The van der Waals surface area contributed by atoms with E-state index in [9.17, 15) is 0 Å². The van der Waals surface area contributed by atoms with Crippen LogP contribution in [0.4, 0.5) is 0 Å². The molecule has 0 aliphatic heterocycles. The van der Waals surface area contributed by atoms with Gasteiger partial charge in [-0.1, -0.05) is 56.4 Å². The van der Waals surface area contributed by atoms with Crippen LogP contribution in [-0.2, 0) is 0 Å². The maximum absolute atomic E-state index is 3.83. The molecule has 0 aromatic carbocycles. The first-order valence-corrected chi connectivity index (χ1v) is 4.70. The molecule has 0 spiro atoms. The molecule has 0 aromatic rings. The van der Waals surface area contributed by atoms with Crippen molar-refractivity contribution in [1.82, 2.24) is 0 Å². The van der Waals surface area contributed by atoms with Crippen LogP contribution < -0.4 is 0 Å². The minimum absolute atomic E-state index is 1.07.